The van der Waals surface area contributed by atoms with E-state index in [9.17, 15) is 18.0 Å². The molecule has 0 spiro atoms. The predicted octanol–water partition coefficient (Wildman–Crippen LogP) is 5.01. The van der Waals surface area contributed by atoms with Crippen LogP contribution in [0.1, 0.15) is 54.1 Å². The number of nitrogens with one attached hydrogen (secondary N) is 3. The molecule has 0 fully saturated rings. The van der Waals surface area contributed by atoms with Crippen molar-refractivity contribution in [1.82, 2.24) is 15.2 Å². The van der Waals surface area contributed by atoms with Crippen LogP contribution >= 0.6 is 0 Å². The van der Waals surface area contributed by atoms with Crippen molar-refractivity contribution in [2.24, 2.45) is 11.5 Å². The highest BCUT2D eigenvalue weighted by Gasteiger charge is 2.38. The third-order valence-electron chi connectivity index (χ3n) is 5.98. The molecule has 0 radical (unpaired) electrons. The van der Waals surface area contributed by atoms with Gasteiger partial charge >= 0.3 is 12.1 Å². The number of carboxylic acids is 1. The summed E-state index contributed by atoms with van der Waals surface area (Å²) in [5, 5.41) is 25.2. The van der Waals surface area contributed by atoms with Gasteiger partial charge in [-0.2, -0.15) is 18.3 Å². The lowest BCUT2D eigenvalue weighted by Gasteiger charge is -2.22. The second kappa shape index (κ2) is 14.9. The maximum Gasteiger partial charge on any atom is 0.490 e. The second-order valence-electron chi connectivity index (χ2n) is 9.75. The lowest BCUT2D eigenvalue weighted by molar-refractivity contribution is -0.192. The fraction of sp³-hybridized carbons (Fsp3) is 0.233. The number of amides is 1. The van der Waals surface area contributed by atoms with Crippen molar-refractivity contribution >= 4 is 23.4 Å². The Morgan fingerprint density at radius 1 is 1.09 bits per heavy atom. The Morgan fingerprint density at radius 3 is 2.26 bits per heavy atom. The van der Waals surface area contributed by atoms with E-state index in [-0.39, 0.29) is 40.5 Å². The quantitative estimate of drug-likeness (QED) is 0.0736. The number of nitrogen functional groups attached to an aromatic ring is 1. The summed E-state index contributed by atoms with van der Waals surface area (Å²) in [6.07, 6.45) is -5.36. The number of primary amides is 1. The molecule has 0 aliphatic rings. The van der Waals surface area contributed by atoms with Gasteiger partial charge in [-0.25, -0.2) is 14.2 Å². The molecule has 4 rings (SSSR count). The normalized spacial score (nSPS) is 11.7. The Bertz CT molecular complexity index is 1690. The van der Waals surface area contributed by atoms with Crippen molar-refractivity contribution in [2.45, 2.75) is 39.1 Å². The molecule has 1 atom stereocenters. The van der Waals surface area contributed by atoms with E-state index in [2.05, 4.69) is 20.5 Å². The molecule has 0 aliphatic heterocycles. The number of alkyl halides is 3. The van der Waals surface area contributed by atoms with E-state index in [1.54, 1.807) is 68.4 Å². The van der Waals surface area contributed by atoms with Gasteiger partial charge in [-0.05, 0) is 57.2 Å². The summed E-state index contributed by atoms with van der Waals surface area (Å²) in [7, 11) is 0. The van der Waals surface area contributed by atoms with Gasteiger partial charge in [-0.15, -0.1) is 0 Å². The number of nitrogens with two attached hydrogens (primary N) is 2. The number of rotatable bonds is 11. The van der Waals surface area contributed by atoms with Crippen molar-refractivity contribution in [3.8, 4) is 22.9 Å². The van der Waals surface area contributed by atoms with Crippen molar-refractivity contribution in [3.05, 3.63) is 89.0 Å². The number of benzene rings is 3. The molecule has 12 nitrogen and oxygen atoms in total. The third-order valence-corrected chi connectivity index (χ3v) is 5.98. The topological polar surface area (TPSA) is 202 Å². The summed E-state index contributed by atoms with van der Waals surface area (Å²) < 4.78 is 59.2. The number of carbonyl (C=O) groups excluding carboxylic acids is 1. The second-order valence-corrected chi connectivity index (χ2v) is 9.75. The van der Waals surface area contributed by atoms with Crippen LogP contribution in [0.25, 0.3) is 11.4 Å². The molecule has 3 aromatic carbocycles. The first-order valence-corrected chi connectivity index (χ1v) is 13.6. The number of aromatic nitrogens is 3. The average molecular weight is 646 g/mol. The van der Waals surface area contributed by atoms with Crippen molar-refractivity contribution < 1.29 is 41.7 Å². The molecule has 1 amide bonds. The molecule has 46 heavy (non-hydrogen) atoms. The third kappa shape index (κ3) is 8.93. The molecular formula is C30H31F4N7O5. The summed E-state index contributed by atoms with van der Waals surface area (Å²) in [5.41, 5.74) is 13.2. The van der Waals surface area contributed by atoms with Crippen molar-refractivity contribution in [1.29, 1.82) is 5.41 Å². The number of amidine groups is 1. The number of aromatic amines is 1. The van der Waals surface area contributed by atoms with Gasteiger partial charge in [0.15, 0.2) is 23.2 Å². The molecule has 4 aromatic rings. The number of ether oxygens (including phenoxy) is 2. The minimum Gasteiger partial charge on any atom is -0.494 e. The van der Waals surface area contributed by atoms with Crippen LogP contribution in [0.4, 0.5) is 23.2 Å². The molecule has 0 bridgehead atoms. The first kappa shape index (κ1) is 34.8. The van der Waals surface area contributed by atoms with E-state index < -0.39 is 29.9 Å². The van der Waals surface area contributed by atoms with E-state index in [1.807, 2.05) is 6.92 Å². The minimum atomic E-state index is -5.08. The predicted molar refractivity (Wildman–Crippen MR) is 160 cm³/mol. The maximum atomic E-state index is 16.0. The number of carboxylic acid groups (broad SMARTS) is 1. The Morgan fingerprint density at radius 2 is 1.72 bits per heavy atom. The van der Waals surface area contributed by atoms with E-state index >= 15 is 4.39 Å². The Kier molecular flexibility index (Phi) is 11.3. The summed E-state index contributed by atoms with van der Waals surface area (Å²) in [4.78, 5) is 25.5. The highest BCUT2D eigenvalue weighted by Crippen LogP contribution is 2.36. The monoisotopic (exact) mass is 645 g/mol. The summed E-state index contributed by atoms with van der Waals surface area (Å²) in [6.45, 7) is 5.81. The zero-order valence-corrected chi connectivity index (χ0v) is 24.8. The summed E-state index contributed by atoms with van der Waals surface area (Å²) >= 11 is 0. The number of carbonyl (C=O) groups is 2. The van der Waals surface area contributed by atoms with Gasteiger partial charge in [-0.1, -0.05) is 18.2 Å². The SMILES string of the molecule is CCOc1cc(OC(C)C)c(F)c(C(Nc2ccc(C(=N)N)cc2)c2nc(-c3ccccc3C(N)=O)n[nH]2)c1.O=C(O)C(F)(F)F. The number of hydrogen-bond acceptors (Lipinski definition) is 8. The number of anilines is 1. The first-order chi connectivity index (χ1) is 21.6. The van der Waals surface area contributed by atoms with Crippen LogP contribution in [0.5, 0.6) is 11.5 Å². The summed E-state index contributed by atoms with van der Waals surface area (Å²) in [6, 6.07) is 15.7. The molecule has 16 heteroatoms. The Hall–Kier alpha value is -5.67. The van der Waals surface area contributed by atoms with Crippen LogP contribution in [0, 0.1) is 11.2 Å². The molecule has 1 unspecified atom stereocenters. The zero-order valence-electron chi connectivity index (χ0n) is 24.8. The summed E-state index contributed by atoms with van der Waals surface area (Å²) in [5.74, 6) is -3.11. The van der Waals surface area contributed by atoms with Gasteiger partial charge in [0.25, 0.3) is 0 Å². The minimum absolute atomic E-state index is 0.0310. The number of H-pyrrole nitrogens is 1. The standard InChI is InChI=1S/C28H30FN7O3.C2HF3O2/c1-4-38-18-13-21(23(29)22(14-18)39-15(2)3)24(33-17-11-9-16(10-12-17)25(30)31)28-34-27(35-36-28)20-8-6-5-7-19(20)26(32)37;3-2(4,5)1(6)7/h5-15,24,33H,4H2,1-3H3,(H3,30,31)(H2,32,37)(H,34,35,36);(H,6,7). The molecule has 1 aromatic heterocycles. The highest BCUT2D eigenvalue weighted by molar-refractivity contribution is 5.99. The van der Waals surface area contributed by atoms with Gasteiger partial charge in [-0.3, -0.25) is 15.3 Å². The highest BCUT2D eigenvalue weighted by atomic mass is 19.4. The number of nitrogens with zero attached hydrogens (tertiary/aromatic N) is 2. The lowest BCUT2D eigenvalue weighted by atomic mass is 10.0. The van der Waals surface area contributed by atoms with Crippen LogP contribution in [-0.2, 0) is 4.79 Å². The molecule has 0 saturated carbocycles. The van der Waals surface area contributed by atoms with Crippen molar-refractivity contribution in [2.75, 3.05) is 11.9 Å². The van der Waals surface area contributed by atoms with Gasteiger partial charge < -0.3 is 31.4 Å². The van der Waals surface area contributed by atoms with Gasteiger partial charge in [0.2, 0.25) is 5.91 Å². The zero-order chi connectivity index (χ0) is 34.2. The number of hydrogen-bond donors (Lipinski definition) is 6. The maximum absolute atomic E-state index is 16.0. The Balaban J connectivity index is 0.000000738. The molecule has 244 valence electrons. The fourth-order valence-corrected chi connectivity index (χ4v) is 4.02. The smallest absolute Gasteiger partial charge is 0.490 e. The molecule has 8 N–H and O–H groups in total. The molecule has 1 heterocycles. The van der Waals surface area contributed by atoms with Crippen LogP contribution in [0.2, 0.25) is 0 Å². The van der Waals surface area contributed by atoms with E-state index in [0.29, 0.717) is 29.2 Å². The van der Waals surface area contributed by atoms with Crippen molar-refractivity contribution in [3.63, 3.8) is 0 Å². The van der Waals surface area contributed by atoms with Gasteiger partial charge in [0.1, 0.15) is 17.6 Å². The Labute approximate surface area is 260 Å². The van der Waals surface area contributed by atoms with E-state index in [4.69, 9.17) is 36.3 Å². The van der Waals surface area contributed by atoms with Gasteiger partial charge in [0, 0.05) is 28.4 Å². The fourth-order valence-electron chi connectivity index (χ4n) is 4.02. The van der Waals surface area contributed by atoms with Crippen LogP contribution in [0.3, 0.4) is 0 Å². The van der Waals surface area contributed by atoms with Crippen LogP contribution in [0.15, 0.2) is 60.7 Å². The number of aliphatic carboxylic acids is 1. The molecule has 0 saturated heterocycles. The van der Waals surface area contributed by atoms with Gasteiger partial charge in [0.05, 0.1) is 18.3 Å². The lowest BCUT2D eigenvalue weighted by Crippen LogP contribution is -2.21. The molecular weight excluding hydrogens is 614 g/mol. The van der Waals surface area contributed by atoms with E-state index in [1.165, 1.54) is 6.07 Å². The van der Waals surface area contributed by atoms with Crippen LogP contribution in [-0.4, -0.2) is 56.9 Å². The van der Waals surface area contributed by atoms with E-state index in [0.717, 1.165) is 0 Å². The first-order valence-electron chi connectivity index (χ1n) is 13.6. The molecule has 0 aliphatic carbocycles. The number of halogens is 4. The van der Waals surface area contributed by atoms with Crippen LogP contribution < -0.4 is 26.3 Å². The largest absolute Gasteiger partial charge is 0.494 e. The average Bonchev–Trinajstić information content (AvgIpc) is 3.47.